The quantitative estimate of drug-likeness (QED) is 0.358. The van der Waals surface area contributed by atoms with Crippen molar-refractivity contribution in [1.29, 1.82) is 0 Å². The molecule has 1 aliphatic rings. The van der Waals surface area contributed by atoms with Gasteiger partial charge in [0, 0.05) is 17.4 Å². The van der Waals surface area contributed by atoms with E-state index in [4.69, 9.17) is 0 Å². The van der Waals surface area contributed by atoms with Gasteiger partial charge in [0.1, 0.15) is 11.3 Å². The van der Waals surface area contributed by atoms with Crippen LogP contribution >= 0.6 is 0 Å². The van der Waals surface area contributed by atoms with Crippen molar-refractivity contribution in [3.63, 3.8) is 0 Å². The van der Waals surface area contributed by atoms with Crippen LogP contribution in [0.2, 0.25) is 0 Å². The van der Waals surface area contributed by atoms with Crippen LogP contribution in [0, 0.1) is 12.8 Å². The third kappa shape index (κ3) is 4.82. The molecule has 2 aromatic carbocycles. The molecule has 0 radical (unpaired) electrons. The molecule has 36 heavy (non-hydrogen) atoms. The molecule has 1 saturated carbocycles. The maximum atomic E-state index is 13.1. The number of fused-ring (bicyclic) bond motifs is 1. The third-order valence-electron chi connectivity index (χ3n) is 6.35. The number of halogens is 3. The molecule has 0 saturated heterocycles. The number of hydrogen-bond donors (Lipinski definition) is 2. The molecule has 1 fully saturated rings. The number of nitrogens with zero attached hydrogens (tertiary/aromatic N) is 2. The summed E-state index contributed by atoms with van der Waals surface area (Å²) in [7, 11) is 0. The van der Waals surface area contributed by atoms with Crippen molar-refractivity contribution in [1.82, 2.24) is 14.7 Å². The first kappa shape index (κ1) is 23.6. The number of anilines is 1. The average molecular weight is 493 g/mol. The first-order valence-electron chi connectivity index (χ1n) is 11.5. The maximum absolute atomic E-state index is 13.1. The maximum Gasteiger partial charge on any atom is 0.416 e. The Hall–Kier alpha value is -4.14. The van der Waals surface area contributed by atoms with Crippen molar-refractivity contribution >= 4 is 23.1 Å². The van der Waals surface area contributed by atoms with Gasteiger partial charge in [0.05, 0.1) is 17.8 Å². The standard InChI is InChI=1S/C27H23F3N4O2/c1-16-8-9-18(14-21(16)32-26(36)22-15-31-23-7-2-3-12-34(22)23)24(17-10-11-17)33-25(35)19-5-4-6-20(13-19)27(28,29)30/h2-9,12-15,17,24H,10-11H2,1H3,(H,32,36)(H,33,35)/t24-/m0/s1. The fourth-order valence-corrected chi connectivity index (χ4v) is 4.22. The molecule has 4 aromatic rings. The van der Waals surface area contributed by atoms with Crippen LogP contribution in [0.3, 0.4) is 0 Å². The van der Waals surface area contributed by atoms with Crippen LogP contribution in [-0.2, 0) is 6.18 Å². The Morgan fingerprint density at radius 1 is 1.03 bits per heavy atom. The van der Waals surface area contributed by atoms with E-state index in [0.29, 0.717) is 17.0 Å². The second-order valence-electron chi connectivity index (χ2n) is 8.97. The lowest BCUT2D eigenvalue weighted by Gasteiger charge is -2.21. The molecule has 2 N–H and O–H groups in total. The number of aromatic nitrogens is 2. The van der Waals surface area contributed by atoms with Crippen LogP contribution < -0.4 is 10.6 Å². The number of carbonyl (C=O) groups excluding carboxylic acids is 2. The van der Waals surface area contributed by atoms with Crippen LogP contribution in [-0.4, -0.2) is 21.2 Å². The number of benzene rings is 2. The van der Waals surface area contributed by atoms with Crippen molar-refractivity contribution in [3.05, 3.63) is 101 Å². The Labute approximate surface area is 205 Å². The number of pyridine rings is 1. The van der Waals surface area contributed by atoms with Gasteiger partial charge in [-0.05, 0) is 73.2 Å². The minimum Gasteiger partial charge on any atom is -0.345 e. The van der Waals surface area contributed by atoms with Crippen LogP contribution in [0.5, 0.6) is 0 Å². The number of imidazole rings is 1. The number of hydrogen-bond acceptors (Lipinski definition) is 3. The molecule has 1 atom stereocenters. The molecule has 0 bridgehead atoms. The molecule has 6 nitrogen and oxygen atoms in total. The van der Waals surface area contributed by atoms with Crippen molar-refractivity contribution < 1.29 is 22.8 Å². The fourth-order valence-electron chi connectivity index (χ4n) is 4.22. The average Bonchev–Trinajstić information content (AvgIpc) is 3.61. The predicted molar refractivity (Wildman–Crippen MR) is 129 cm³/mol. The van der Waals surface area contributed by atoms with Crippen LogP contribution in [0.25, 0.3) is 5.65 Å². The van der Waals surface area contributed by atoms with Gasteiger partial charge in [0.2, 0.25) is 0 Å². The molecule has 2 heterocycles. The van der Waals surface area contributed by atoms with Gasteiger partial charge >= 0.3 is 6.18 Å². The van der Waals surface area contributed by atoms with E-state index < -0.39 is 17.6 Å². The molecular formula is C27H23F3N4O2. The number of alkyl halides is 3. The largest absolute Gasteiger partial charge is 0.416 e. The molecule has 2 aromatic heterocycles. The van der Waals surface area contributed by atoms with Gasteiger partial charge in [-0.1, -0.05) is 24.3 Å². The minimum atomic E-state index is -4.53. The number of carbonyl (C=O) groups is 2. The number of amides is 2. The normalized spacial score (nSPS) is 14.4. The number of rotatable bonds is 6. The van der Waals surface area contributed by atoms with E-state index in [1.807, 2.05) is 37.3 Å². The van der Waals surface area contributed by atoms with Crippen LogP contribution in [0.15, 0.2) is 73.1 Å². The second kappa shape index (κ2) is 9.14. The number of nitrogens with one attached hydrogen (secondary N) is 2. The van der Waals surface area contributed by atoms with Crippen molar-refractivity contribution in [2.24, 2.45) is 5.92 Å². The molecule has 0 spiro atoms. The second-order valence-corrected chi connectivity index (χ2v) is 8.97. The summed E-state index contributed by atoms with van der Waals surface area (Å²) in [5, 5.41) is 5.84. The highest BCUT2D eigenvalue weighted by Crippen LogP contribution is 2.42. The third-order valence-corrected chi connectivity index (χ3v) is 6.35. The molecule has 1 aliphatic carbocycles. The summed E-state index contributed by atoms with van der Waals surface area (Å²) in [6.45, 7) is 1.86. The molecule has 0 aliphatic heterocycles. The summed E-state index contributed by atoms with van der Waals surface area (Å²) < 4.78 is 41.0. The topological polar surface area (TPSA) is 75.5 Å². The van der Waals surface area contributed by atoms with Gasteiger partial charge < -0.3 is 10.6 Å². The van der Waals surface area contributed by atoms with Crippen molar-refractivity contribution in [2.45, 2.75) is 32.0 Å². The first-order chi connectivity index (χ1) is 17.2. The van der Waals surface area contributed by atoms with E-state index in [-0.39, 0.29) is 23.4 Å². The van der Waals surface area contributed by atoms with E-state index in [9.17, 15) is 22.8 Å². The zero-order valence-corrected chi connectivity index (χ0v) is 19.3. The summed E-state index contributed by atoms with van der Waals surface area (Å²) in [4.78, 5) is 30.2. The van der Waals surface area contributed by atoms with Gasteiger partial charge in [-0.3, -0.25) is 14.0 Å². The molecule has 9 heteroatoms. The highest BCUT2D eigenvalue weighted by molar-refractivity contribution is 6.04. The fraction of sp³-hybridized carbons (Fsp3) is 0.222. The monoisotopic (exact) mass is 492 g/mol. The smallest absolute Gasteiger partial charge is 0.345 e. The van der Waals surface area contributed by atoms with Crippen LogP contribution in [0.4, 0.5) is 18.9 Å². The summed E-state index contributed by atoms with van der Waals surface area (Å²) >= 11 is 0. The van der Waals surface area contributed by atoms with Gasteiger partial charge in [0.15, 0.2) is 0 Å². The summed E-state index contributed by atoms with van der Waals surface area (Å²) in [5.41, 5.74) is 2.31. The molecule has 0 unspecified atom stereocenters. The summed E-state index contributed by atoms with van der Waals surface area (Å²) in [6.07, 6.45) is 0.520. The molecular weight excluding hydrogens is 469 g/mol. The highest BCUT2D eigenvalue weighted by atomic mass is 19.4. The first-order valence-corrected chi connectivity index (χ1v) is 11.5. The van der Waals surface area contributed by atoms with E-state index >= 15 is 0 Å². The zero-order chi connectivity index (χ0) is 25.4. The van der Waals surface area contributed by atoms with E-state index in [1.54, 1.807) is 16.7 Å². The van der Waals surface area contributed by atoms with Crippen molar-refractivity contribution in [3.8, 4) is 0 Å². The van der Waals surface area contributed by atoms with E-state index in [0.717, 1.165) is 36.1 Å². The predicted octanol–water partition coefficient (Wildman–Crippen LogP) is 5.79. The zero-order valence-electron chi connectivity index (χ0n) is 19.3. The van der Waals surface area contributed by atoms with Gasteiger partial charge in [-0.2, -0.15) is 13.2 Å². The molecule has 2 amide bonds. The van der Waals surface area contributed by atoms with E-state index in [1.165, 1.54) is 18.3 Å². The SMILES string of the molecule is Cc1ccc([C@@H](NC(=O)c2cccc(C(F)(F)F)c2)C2CC2)cc1NC(=O)c1cnc2ccccn12. The Kier molecular flexibility index (Phi) is 5.99. The molecule has 5 rings (SSSR count). The lowest BCUT2D eigenvalue weighted by molar-refractivity contribution is -0.137. The summed E-state index contributed by atoms with van der Waals surface area (Å²) in [5.74, 6) is -0.732. The van der Waals surface area contributed by atoms with Gasteiger partial charge in [0.25, 0.3) is 11.8 Å². The number of aryl methyl sites for hydroxylation is 1. The Bertz CT molecular complexity index is 1460. The Morgan fingerprint density at radius 3 is 2.58 bits per heavy atom. The van der Waals surface area contributed by atoms with E-state index in [2.05, 4.69) is 15.6 Å². The lowest BCUT2D eigenvalue weighted by atomic mass is 9.99. The minimum absolute atomic E-state index is 0.0521. The Morgan fingerprint density at radius 2 is 1.83 bits per heavy atom. The van der Waals surface area contributed by atoms with Crippen molar-refractivity contribution in [2.75, 3.05) is 5.32 Å². The Balaban J connectivity index is 1.38. The van der Waals surface area contributed by atoms with Crippen LogP contribution in [0.1, 0.15) is 56.4 Å². The lowest BCUT2D eigenvalue weighted by Crippen LogP contribution is -2.30. The highest BCUT2D eigenvalue weighted by Gasteiger charge is 2.35. The van der Waals surface area contributed by atoms with Gasteiger partial charge in [-0.15, -0.1) is 0 Å². The van der Waals surface area contributed by atoms with Gasteiger partial charge in [-0.25, -0.2) is 4.98 Å². The molecule has 184 valence electrons. The summed E-state index contributed by atoms with van der Waals surface area (Å²) in [6, 6.07) is 15.0.